The maximum atomic E-state index is 13.9. The first-order valence-electron chi connectivity index (χ1n) is 10.2. The number of benzene rings is 1. The summed E-state index contributed by atoms with van der Waals surface area (Å²) in [4.78, 5) is 14.3. The molecule has 2 fully saturated rings. The fourth-order valence-corrected chi connectivity index (χ4v) is 4.38. The normalized spacial score (nSPS) is 19.0. The molecule has 1 N–H and O–H groups in total. The molecule has 156 valence electrons. The van der Waals surface area contributed by atoms with Crippen molar-refractivity contribution in [3.8, 4) is 0 Å². The monoisotopic (exact) mass is 406 g/mol. The van der Waals surface area contributed by atoms with Gasteiger partial charge < -0.3 is 5.32 Å². The Balaban J connectivity index is 1.36. The van der Waals surface area contributed by atoms with Gasteiger partial charge in [-0.1, -0.05) is 12.8 Å². The lowest BCUT2D eigenvalue weighted by atomic mass is 10.0. The summed E-state index contributed by atoms with van der Waals surface area (Å²) in [6, 6.07) is 3.67. The van der Waals surface area contributed by atoms with Crippen LogP contribution in [0.15, 0.2) is 24.4 Å². The number of rotatable bonds is 5. The molecule has 1 saturated heterocycles. The Hall–Kier alpha value is -2.35. The molecule has 0 spiro atoms. The first-order valence-corrected chi connectivity index (χ1v) is 10.2. The number of hydrogen-bond acceptors (Lipinski definition) is 3. The summed E-state index contributed by atoms with van der Waals surface area (Å²) in [7, 11) is 0. The number of amides is 1. The second-order valence-electron chi connectivity index (χ2n) is 7.96. The van der Waals surface area contributed by atoms with Crippen molar-refractivity contribution < 1.29 is 18.0 Å². The summed E-state index contributed by atoms with van der Waals surface area (Å²) >= 11 is 0. The van der Waals surface area contributed by atoms with Crippen LogP contribution < -0.4 is 5.32 Å². The van der Waals surface area contributed by atoms with Crippen LogP contribution in [0.2, 0.25) is 0 Å². The van der Waals surface area contributed by atoms with Gasteiger partial charge in [-0.15, -0.1) is 0 Å². The van der Waals surface area contributed by atoms with Gasteiger partial charge in [0.1, 0.15) is 11.6 Å². The van der Waals surface area contributed by atoms with Crippen molar-refractivity contribution in [1.82, 2.24) is 14.7 Å². The number of carbonyl (C=O) groups is 1. The van der Waals surface area contributed by atoms with Crippen molar-refractivity contribution in [3.63, 3.8) is 0 Å². The third-order valence-electron chi connectivity index (χ3n) is 6.07. The fourth-order valence-electron chi connectivity index (χ4n) is 4.38. The average Bonchev–Trinajstić information content (AvgIpc) is 3.41. The highest BCUT2D eigenvalue weighted by molar-refractivity contribution is 5.91. The van der Waals surface area contributed by atoms with Crippen LogP contribution in [-0.2, 0) is 11.3 Å². The van der Waals surface area contributed by atoms with E-state index >= 15 is 0 Å². The van der Waals surface area contributed by atoms with Crippen molar-refractivity contribution in [2.45, 2.75) is 51.1 Å². The summed E-state index contributed by atoms with van der Waals surface area (Å²) < 4.78 is 43.1. The highest BCUT2D eigenvalue weighted by atomic mass is 19.2. The Bertz CT molecular complexity index is 871. The number of piperidine rings is 1. The molecule has 2 heterocycles. The molecule has 0 radical (unpaired) electrons. The molecule has 4 rings (SSSR count). The fraction of sp³-hybridized carbons (Fsp3) is 0.524. The van der Waals surface area contributed by atoms with E-state index in [4.69, 9.17) is 0 Å². The Morgan fingerprint density at radius 2 is 1.72 bits per heavy atom. The van der Waals surface area contributed by atoms with Gasteiger partial charge >= 0.3 is 0 Å². The topological polar surface area (TPSA) is 50.2 Å². The molecule has 1 saturated carbocycles. The lowest BCUT2D eigenvalue weighted by molar-refractivity contribution is -0.119. The minimum absolute atomic E-state index is 0.0343. The van der Waals surface area contributed by atoms with Crippen molar-refractivity contribution >= 4 is 11.7 Å². The van der Waals surface area contributed by atoms with Gasteiger partial charge in [-0.2, -0.15) is 5.10 Å². The summed E-state index contributed by atoms with van der Waals surface area (Å²) in [6.07, 6.45) is 7.20. The third kappa shape index (κ3) is 4.32. The first kappa shape index (κ1) is 19.9. The van der Waals surface area contributed by atoms with Gasteiger partial charge in [0.25, 0.3) is 0 Å². The number of halogens is 3. The molecular weight excluding hydrogens is 381 g/mol. The van der Waals surface area contributed by atoms with Gasteiger partial charge in [-0.25, -0.2) is 17.9 Å². The molecule has 1 aromatic heterocycles. The molecular formula is C21H25F3N4O. The molecule has 0 bridgehead atoms. The highest BCUT2D eigenvalue weighted by Crippen LogP contribution is 2.29. The second-order valence-corrected chi connectivity index (χ2v) is 7.96. The Morgan fingerprint density at radius 1 is 1.03 bits per heavy atom. The van der Waals surface area contributed by atoms with Crippen molar-refractivity contribution in [2.75, 3.05) is 18.4 Å². The summed E-state index contributed by atoms with van der Waals surface area (Å²) in [5.74, 6) is -2.04. The molecule has 0 atom stereocenters. The molecule has 2 aromatic rings. The van der Waals surface area contributed by atoms with Gasteiger partial charge in [0.15, 0.2) is 11.6 Å². The van der Waals surface area contributed by atoms with E-state index in [2.05, 4.69) is 10.4 Å². The molecule has 8 heteroatoms. The largest absolute Gasteiger partial charge is 0.311 e. The lowest BCUT2D eigenvalue weighted by Gasteiger charge is -2.33. The SMILES string of the molecule is O=C(Nc1ccnn1C1CCN(Cc2c(F)ccc(F)c2F)CC1)C1CCCC1. The summed E-state index contributed by atoms with van der Waals surface area (Å²) in [6.45, 7) is 1.25. The molecule has 1 aromatic carbocycles. The summed E-state index contributed by atoms with van der Waals surface area (Å²) in [5, 5.41) is 7.39. The lowest BCUT2D eigenvalue weighted by Crippen LogP contribution is -2.35. The van der Waals surface area contributed by atoms with Crippen LogP contribution in [-0.4, -0.2) is 33.7 Å². The number of likely N-dealkylation sites (tertiary alicyclic amines) is 1. The Kier molecular flexibility index (Phi) is 5.89. The summed E-state index contributed by atoms with van der Waals surface area (Å²) in [5.41, 5.74) is -0.230. The Morgan fingerprint density at radius 3 is 2.45 bits per heavy atom. The minimum atomic E-state index is -1.11. The van der Waals surface area contributed by atoms with E-state index in [1.54, 1.807) is 12.3 Å². The van der Waals surface area contributed by atoms with E-state index in [-0.39, 0.29) is 30.0 Å². The number of nitrogens with zero attached hydrogens (tertiary/aromatic N) is 3. The number of carbonyl (C=O) groups excluding carboxylic acids is 1. The van der Waals surface area contributed by atoms with Crippen LogP contribution in [0.5, 0.6) is 0 Å². The van der Waals surface area contributed by atoms with Gasteiger partial charge in [-0.3, -0.25) is 9.69 Å². The molecule has 0 unspecified atom stereocenters. The Labute approximate surface area is 167 Å². The predicted molar refractivity (Wildman–Crippen MR) is 103 cm³/mol. The van der Waals surface area contributed by atoms with Crippen LogP contribution >= 0.6 is 0 Å². The van der Waals surface area contributed by atoms with Crippen LogP contribution in [0.25, 0.3) is 0 Å². The zero-order chi connectivity index (χ0) is 20.4. The van der Waals surface area contributed by atoms with Gasteiger partial charge in [-0.05, 0) is 37.8 Å². The molecule has 1 amide bonds. The number of anilines is 1. The maximum Gasteiger partial charge on any atom is 0.228 e. The molecule has 2 aliphatic rings. The zero-order valence-corrected chi connectivity index (χ0v) is 16.2. The van der Waals surface area contributed by atoms with E-state index in [1.807, 2.05) is 9.58 Å². The second kappa shape index (κ2) is 8.57. The van der Waals surface area contributed by atoms with E-state index in [1.165, 1.54) is 0 Å². The quantitative estimate of drug-likeness (QED) is 0.755. The van der Waals surface area contributed by atoms with E-state index in [0.717, 1.165) is 50.7 Å². The van der Waals surface area contributed by atoms with E-state index < -0.39 is 17.5 Å². The molecule has 5 nitrogen and oxygen atoms in total. The highest BCUT2D eigenvalue weighted by Gasteiger charge is 2.27. The third-order valence-corrected chi connectivity index (χ3v) is 6.07. The first-order chi connectivity index (χ1) is 14.0. The van der Waals surface area contributed by atoms with E-state index in [0.29, 0.717) is 18.9 Å². The molecule has 1 aliphatic heterocycles. The van der Waals surface area contributed by atoms with Crippen LogP contribution in [0.3, 0.4) is 0 Å². The van der Waals surface area contributed by atoms with Crippen molar-refractivity contribution in [1.29, 1.82) is 0 Å². The predicted octanol–water partition coefficient (Wildman–Crippen LogP) is 4.27. The zero-order valence-electron chi connectivity index (χ0n) is 16.2. The van der Waals surface area contributed by atoms with Crippen LogP contribution in [0.4, 0.5) is 19.0 Å². The van der Waals surface area contributed by atoms with Crippen molar-refractivity contribution in [2.24, 2.45) is 5.92 Å². The number of nitrogens with one attached hydrogen (secondary N) is 1. The number of hydrogen-bond donors (Lipinski definition) is 1. The van der Waals surface area contributed by atoms with Crippen LogP contribution in [0, 0.1) is 23.4 Å². The average molecular weight is 406 g/mol. The van der Waals surface area contributed by atoms with Gasteiger partial charge in [0.05, 0.1) is 12.2 Å². The molecule has 1 aliphatic carbocycles. The van der Waals surface area contributed by atoms with Crippen molar-refractivity contribution in [3.05, 3.63) is 47.4 Å². The van der Waals surface area contributed by atoms with Gasteiger partial charge in [0.2, 0.25) is 5.91 Å². The van der Waals surface area contributed by atoms with Crippen LogP contribution in [0.1, 0.15) is 50.1 Å². The molecule has 29 heavy (non-hydrogen) atoms. The smallest absolute Gasteiger partial charge is 0.228 e. The van der Waals surface area contributed by atoms with E-state index in [9.17, 15) is 18.0 Å². The number of aromatic nitrogens is 2. The minimum Gasteiger partial charge on any atom is -0.311 e. The standard InChI is InChI=1S/C21H25F3N4O/c22-17-5-6-18(23)20(24)16(17)13-27-11-8-15(9-12-27)28-19(7-10-25-28)26-21(29)14-3-1-2-4-14/h5-7,10,14-15H,1-4,8-9,11-13H2,(H,26,29). The van der Waals surface area contributed by atoms with Gasteiger partial charge in [0, 0.05) is 37.2 Å². The maximum absolute atomic E-state index is 13.9.